The van der Waals surface area contributed by atoms with Crippen molar-refractivity contribution < 1.29 is 47.3 Å². The number of amidine groups is 1. The lowest BCUT2D eigenvalue weighted by molar-refractivity contribution is -0.0787. The molecule has 1 saturated heterocycles. The lowest BCUT2D eigenvalue weighted by atomic mass is 9.96. The lowest BCUT2D eigenvalue weighted by Gasteiger charge is -2.26. The zero-order chi connectivity index (χ0) is 42.2. The molecule has 2 heterocycles. The number of unbranched alkanes of at least 4 members (excludes halogenated alkanes) is 12. The topological polar surface area (TPSA) is 250 Å². The molecule has 1 aliphatic rings. The molecule has 17 heteroatoms. The predicted molar refractivity (Wildman–Crippen MR) is 216 cm³/mol. The molecule has 15 nitrogen and oxygen atoms in total. The van der Waals surface area contributed by atoms with Gasteiger partial charge in [-0.3, -0.25) is 14.5 Å². The van der Waals surface area contributed by atoms with Crippen LogP contribution in [0.4, 0.5) is 4.39 Å². The largest absolute Gasteiger partial charge is 0.472 e. The van der Waals surface area contributed by atoms with Gasteiger partial charge in [0.05, 0.1) is 37.1 Å². The molecule has 0 saturated carbocycles. The Kier molecular flexibility index (Phi) is 22.0. The second-order valence-corrected chi connectivity index (χ2v) is 15.8. The first-order chi connectivity index (χ1) is 28.0. The molecule has 1 fully saturated rings. The van der Waals surface area contributed by atoms with Gasteiger partial charge in [0, 0.05) is 12.3 Å². The molecule has 0 bridgehead atoms. The van der Waals surface area contributed by atoms with Gasteiger partial charge >= 0.3 is 7.82 Å². The average molecular weight is 831 g/mol. The second kappa shape index (κ2) is 26.3. The average Bonchev–Trinajstić information content (AvgIpc) is 3.80. The van der Waals surface area contributed by atoms with Crippen molar-refractivity contribution in [2.45, 2.75) is 133 Å². The summed E-state index contributed by atoms with van der Waals surface area (Å²) in [6, 6.07) is 10.3. The summed E-state index contributed by atoms with van der Waals surface area (Å²) in [5.74, 6) is -0.654. The Morgan fingerprint density at radius 2 is 1.71 bits per heavy atom. The Labute approximate surface area is 341 Å². The Balaban J connectivity index is 1.46. The summed E-state index contributed by atoms with van der Waals surface area (Å²) >= 11 is 0. The highest BCUT2D eigenvalue weighted by Gasteiger charge is 2.56. The van der Waals surface area contributed by atoms with Crippen molar-refractivity contribution in [3.8, 4) is 12.1 Å². The Morgan fingerprint density at radius 3 is 2.36 bits per heavy atom. The SMILES string of the molecule is CCCCCCCC/C=C/CCCCCCCCOC[C@H](COP(=O)(O)OC[C@@]1(C#N)O[C@@H](c2ccc(/C(N)=N\C=N)[nH]2)[C@H](O)[C@@H]1O)OCc1cc(F)cc(C#N)c1. The van der Waals surface area contributed by atoms with Crippen LogP contribution >= 0.6 is 7.82 Å². The van der Waals surface area contributed by atoms with E-state index in [9.17, 15) is 34.6 Å². The molecular weight excluding hydrogens is 770 g/mol. The van der Waals surface area contributed by atoms with Gasteiger partial charge in [-0.15, -0.1) is 0 Å². The van der Waals surface area contributed by atoms with Crippen LogP contribution in [0.25, 0.3) is 0 Å². The molecule has 1 aliphatic heterocycles. The van der Waals surface area contributed by atoms with Crippen LogP contribution in [0.5, 0.6) is 0 Å². The number of nitrogens with two attached hydrogens (primary N) is 1. The molecule has 0 aliphatic carbocycles. The van der Waals surface area contributed by atoms with E-state index in [0.717, 1.165) is 44.5 Å². The number of aromatic nitrogens is 1. The first-order valence-corrected chi connectivity index (χ1v) is 21.6. The third kappa shape index (κ3) is 16.8. The molecule has 7 N–H and O–H groups in total. The Morgan fingerprint density at radius 1 is 1.03 bits per heavy atom. The number of aliphatic hydroxyl groups is 2. The van der Waals surface area contributed by atoms with E-state index in [2.05, 4.69) is 29.1 Å². The van der Waals surface area contributed by atoms with E-state index in [1.807, 2.05) is 6.07 Å². The number of aromatic amines is 1. The van der Waals surface area contributed by atoms with Crippen LogP contribution in [-0.2, 0) is 34.4 Å². The smallest absolute Gasteiger partial charge is 0.387 e. The van der Waals surface area contributed by atoms with Crippen LogP contribution < -0.4 is 5.73 Å². The van der Waals surface area contributed by atoms with E-state index < -0.39 is 56.9 Å². The lowest BCUT2D eigenvalue weighted by Crippen LogP contribution is -2.45. The fourth-order valence-electron chi connectivity index (χ4n) is 6.38. The number of phosphoric acid groups is 1. The minimum Gasteiger partial charge on any atom is -0.387 e. The van der Waals surface area contributed by atoms with E-state index in [-0.39, 0.29) is 36.0 Å². The number of aliphatic imine (C=N–C) groups is 1. The van der Waals surface area contributed by atoms with Crippen molar-refractivity contribution in [2.75, 3.05) is 26.4 Å². The predicted octanol–water partition coefficient (Wildman–Crippen LogP) is 7.17. The van der Waals surface area contributed by atoms with E-state index in [1.165, 1.54) is 82.1 Å². The molecule has 0 spiro atoms. The molecule has 6 atom stereocenters. The summed E-state index contributed by atoms with van der Waals surface area (Å²) in [7, 11) is -4.93. The van der Waals surface area contributed by atoms with E-state index >= 15 is 0 Å². The van der Waals surface area contributed by atoms with Crippen molar-refractivity contribution >= 4 is 20.0 Å². The van der Waals surface area contributed by atoms with Gasteiger partial charge in [0.15, 0.2) is 0 Å². The highest BCUT2D eigenvalue weighted by atomic mass is 31.2. The van der Waals surface area contributed by atoms with Gasteiger partial charge in [0.2, 0.25) is 5.60 Å². The van der Waals surface area contributed by atoms with Crippen LogP contribution in [0.3, 0.4) is 0 Å². The number of halogens is 1. The first kappa shape index (κ1) is 48.6. The third-order valence-electron chi connectivity index (χ3n) is 9.67. The molecule has 2 aromatic rings. The number of nitrogens with zero attached hydrogens (tertiary/aromatic N) is 3. The number of allylic oxidation sites excluding steroid dienone is 2. The summed E-state index contributed by atoms with van der Waals surface area (Å²) in [5, 5.41) is 47.8. The number of hydrogen-bond donors (Lipinski definition) is 6. The second-order valence-electron chi connectivity index (χ2n) is 14.4. The number of aliphatic hydroxyl groups excluding tert-OH is 2. The normalized spacial score (nSPS) is 21.2. The number of phosphoric ester groups is 1. The Hall–Kier alpha value is -3.80. The zero-order valence-corrected chi connectivity index (χ0v) is 34.3. The number of rotatable bonds is 30. The molecule has 1 aromatic heterocycles. The number of nitrogens with one attached hydrogen (secondary N) is 2. The molecule has 320 valence electrons. The number of benzene rings is 1. The summed E-state index contributed by atoms with van der Waals surface area (Å²) in [5.41, 5.74) is 4.47. The van der Waals surface area contributed by atoms with Crippen LogP contribution in [0, 0.1) is 33.9 Å². The van der Waals surface area contributed by atoms with Crippen molar-refractivity contribution in [1.29, 1.82) is 15.9 Å². The molecule has 0 amide bonds. The molecule has 0 radical (unpaired) electrons. The number of ether oxygens (including phenoxy) is 3. The van der Waals surface area contributed by atoms with E-state index in [4.69, 9.17) is 34.4 Å². The van der Waals surface area contributed by atoms with E-state index in [1.54, 1.807) is 6.07 Å². The maximum atomic E-state index is 14.1. The fraction of sp³-hybridized carbons (Fsp3) is 0.610. The molecule has 3 rings (SSSR count). The van der Waals surface area contributed by atoms with Crippen molar-refractivity contribution in [3.63, 3.8) is 0 Å². The summed E-state index contributed by atoms with van der Waals surface area (Å²) in [6.07, 6.45) is 16.1. The first-order valence-electron chi connectivity index (χ1n) is 20.1. The van der Waals surface area contributed by atoms with Crippen molar-refractivity contribution in [1.82, 2.24) is 4.98 Å². The monoisotopic (exact) mass is 830 g/mol. The Bertz CT molecular complexity index is 1730. The minimum absolute atomic E-state index is 0.0310. The van der Waals surface area contributed by atoms with Gasteiger partial charge in [-0.2, -0.15) is 10.5 Å². The summed E-state index contributed by atoms with van der Waals surface area (Å²) in [6.45, 7) is 0.954. The summed E-state index contributed by atoms with van der Waals surface area (Å²) in [4.78, 5) is 17.1. The number of H-pyrrole nitrogens is 1. The molecule has 1 aromatic carbocycles. The zero-order valence-electron chi connectivity index (χ0n) is 33.4. The third-order valence-corrected chi connectivity index (χ3v) is 10.6. The van der Waals surface area contributed by atoms with E-state index in [0.29, 0.717) is 12.2 Å². The standard InChI is InChI=1S/C41H60FN6O9P/c1-2-3-4-5-6-7-8-9-10-11-12-13-14-15-16-17-20-53-26-34(54-25-32-21-31(24-43)22-33(42)23-32)27-55-58(51,52)56-29-41(28-44)39(50)37(49)38(57-41)35-18-19-36(48-35)40(46)47-30-45/h9-10,18-19,21-23,30,34,37-39,48-50H,2-8,11-17,20,25-27,29H2,1H3,(H,51,52)(H3,45,46,47)/b10-9+/t34-,37+,38+,39+,41-/m1/s1. The van der Waals surface area contributed by atoms with Crippen LogP contribution in [0.2, 0.25) is 0 Å². The quantitative estimate of drug-likeness (QED) is 0.0151. The highest BCUT2D eigenvalue weighted by Crippen LogP contribution is 2.47. The van der Waals surface area contributed by atoms with Crippen LogP contribution in [-0.4, -0.2) is 82.6 Å². The number of hydrogen-bond acceptors (Lipinski definition) is 11. The fourth-order valence-corrected chi connectivity index (χ4v) is 7.16. The molecular formula is C41H60FN6O9P. The van der Waals surface area contributed by atoms with Gasteiger partial charge in [-0.05, 0) is 68.0 Å². The number of nitriles is 2. The van der Waals surface area contributed by atoms with Crippen molar-refractivity contribution in [3.05, 3.63) is 70.8 Å². The minimum atomic E-state index is -4.93. The van der Waals surface area contributed by atoms with Gasteiger partial charge in [0.25, 0.3) is 0 Å². The van der Waals surface area contributed by atoms with Crippen LogP contribution in [0.1, 0.15) is 125 Å². The summed E-state index contributed by atoms with van der Waals surface area (Å²) < 4.78 is 54.8. The maximum Gasteiger partial charge on any atom is 0.472 e. The van der Waals surface area contributed by atoms with Gasteiger partial charge in [-0.25, -0.2) is 13.9 Å². The van der Waals surface area contributed by atoms with Gasteiger partial charge in [0.1, 0.15) is 55.1 Å². The molecule has 58 heavy (non-hydrogen) atoms. The van der Waals surface area contributed by atoms with Crippen molar-refractivity contribution in [2.24, 2.45) is 10.7 Å². The van der Waals surface area contributed by atoms with Crippen LogP contribution in [0.15, 0.2) is 47.5 Å². The van der Waals surface area contributed by atoms with Gasteiger partial charge in [-0.1, -0.05) is 76.9 Å². The highest BCUT2D eigenvalue weighted by molar-refractivity contribution is 7.47. The maximum absolute atomic E-state index is 14.1. The molecule has 1 unspecified atom stereocenters. The van der Waals surface area contributed by atoms with Gasteiger partial charge < -0.3 is 40.0 Å².